The standard InChI is InChI=1S/C13H26N4O/c1-3-14-13(17-6-4-5-7-17)15-10-12-11-16(2)8-9-18-12/h12H,3-11H2,1-2H3,(H,14,15). The molecule has 2 heterocycles. The van der Waals surface area contributed by atoms with E-state index < -0.39 is 0 Å². The van der Waals surface area contributed by atoms with Gasteiger partial charge >= 0.3 is 0 Å². The second-order valence-corrected chi connectivity index (χ2v) is 5.14. The van der Waals surface area contributed by atoms with Gasteiger partial charge < -0.3 is 19.9 Å². The van der Waals surface area contributed by atoms with Crippen molar-refractivity contribution in [3.05, 3.63) is 0 Å². The van der Waals surface area contributed by atoms with Crippen LogP contribution >= 0.6 is 0 Å². The van der Waals surface area contributed by atoms with Crippen LogP contribution in [-0.2, 0) is 4.74 Å². The molecule has 0 amide bonds. The highest BCUT2D eigenvalue weighted by atomic mass is 16.5. The average Bonchev–Trinajstić information content (AvgIpc) is 2.88. The first-order valence-corrected chi connectivity index (χ1v) is 7.13. The largest absolute Gasteiger partial charge is 0.374 e. The molecule has 0 aromatic carbocycles. The number of nitrogens with zero attached hydrogens (tertiary/aromatic N) is 3. The van der Waals surface area contributed by atoms with Crippen LogP contribution in [0.4, 0.5) is 0 Å². The van der Waals surface area contributed by atoms with Gasteiger partial charge in [-0.1, -0.05) is 0 Å². The van der Waals surface area contributed by atoms with E-state index in [2.05, 4.69) is 29.1 Å². The van der Waals surface area contributed by atoms with Crippen molar-refractivity contribution in [2.75, 3.05) is 52.9 Å². The van der Waals surface area contributed by atoms with Crippen molar-refractivity contribution >= 4 is 5.96 Å². The first-order chi connectivity index (χ1) is 8.79. The summed E-state index contributed by atoms with van der Waals surface area (Å²) in [6, 6.07) is 0. The predicted octanol–water partition coefficient (Wildman–Crippen LogP) is 0.378. The minimum absolute atomic E-state index is 0.250. The fourth-order valence-corrected chi connectivity index (χ4v) is 2.52. The molecule has 0 radical (unpaired) electrons. The van der Waals surface area contributed by atoms with Crippen LogP contribution in [-0.4, -0.2) is 74.8 Å². The highest BCUT2D eigenvalue weighted by Gasteiger charge is 2.19. The predicted molar refractivity (Wildman–Crippen MR) is 74.0 cm³/mol. The molecular formula is C13H26N4O. The van der Waals surface area contributed by atoms with Gasteiger partial charge in [0.15, 0.2) is 5.96 Å². The summed E-state index contributed by atoms with van der Waals surface area (Å²) in [5.74, 6) is 1.06. The summed E-state index contributed by atoms with van der Waals surface area (Å²) in [6.07, 6.45) is 2.82. The Labute approximate surface area is 110 Å². The van der Waals surface area contributed by atoms with E-state index in [1.807, 2.05) is 0 Å². The lowest BCUT2D eigenvalue weighted by Crippen LogP contribution is -2.43. The van der Waals surface area contributed by atoms with Gasteiger partial charge in [-0.2, -0.15) is 0 Å². The normalized spacial score (nSPS) is 26.7. The Morgan fingerprint density at radius 3 is 2.78 bits per heavy atom. The van der Waals surface area contributed by atoms with E-state index in [0.29, 0.717) is 0 Å². The molecule has 0 aromatic rings. The molecule has 0 aromatic heterocycles. The number of guanidine groups is 1. The van der Waals surface area contributed by atoms with Crippen LogP contribution in [0, 0.1) is 0 Å². The summed E-state index contributed by atoms with van der Waals surface area (Å²) in [5.41, 5.74) is 0. The molecule has 2 fully saturated rings. The van der Waals surface area contributed by atoms with E-state index in [1.165, 1.54) is 12.8 Å². The van der Waals surface area contributed by atoms with Gasteiger partial charge in [-0.15, -0.1) is 0 Å². The molecule has 0 aliphatic carbocycles. The Hall–Kier alpha value is -0.810. The lowest BCUT2D eigenvalue weighted by atomic mass is 10.3. The maximum Gasteiger partial charge on any atom is 0.194 e. The van der Waals surface area contributed by atoms with Gasteiger partial charge in [-0.25, -0.2) is 0 Å². The second kappa shape index (κ2) is 6.95. The lowest BCUT2D eigenvalue weighted by Gasteiger charge is -2.29. The molecular weight excluding hydrogens is 228 g/mol. The maximum atomic E-state index is 5.74. The van der Waals surface area contributed by atoms with E-state index in [0.717, 1.165) is 51.8 Å². The van der Waals surface area contributed by atoms with E-state index in [9.17, 15) is 0 Å². The molecule has 0 bridgehead atoms. The average molecular weight is 254 g/mol. The van der Waals surface area contributed by atoms with Crippen LogP contribution in [0.25, 0.3) is 0 Å². The first kappa shape index (κ1) is 13.6. The number of rotatable bonds is 3. The van der Waals surface area contributed by atoms with Gasteiger partial charge in [0.1, 0.15) is 0 Å². The quantitative estimate of drug-likeness (QED) is 0.584. The van der Waals surface area contributed by atoms with Crippen LogP contribution in [0.3, 0.4) is 0 Å². The fraction of sp³-hybridized carbons (Fsp3) is 0.923. The Kier molecular flexibility index (Phi) is 5.26. The van der Waals surface area contributed by atoms with Gasteiger partial charge in [0.25, 0.3) is 0 Å². The highest BCUT2D eigenvalue weighted by Crippen LogP contribution is 2.08. The van der Waals surface area contributed by atoms with Gasteiger partial charge in [-0.3, -0.25) is 4.99 Å². The minimum atomic E-state index is 0.250. The summed E-state index contributed by atoms with van der Waals surface area (Å²) in [5, 5.41) is 3.38. The van der Waals surface area contributed by atoms with Crippen molar-refractivity contribution in [1.29, 1.82) is 0 Å². The van der Waals surface area contributed by atoms with Crippen LogP contribution in [0.2, 0.25) is 0 Å². The second-order valence-electron chi connectivity index (χ2n) is 5.14. The van der Waals surface area contributed by atoms with Gasteiger partial charge in [0.2, 0.25) is 0 Å². The topological polar surface area (TPSA) is 40.1 Å². The Bertz CT molecular complexity index is 276. The number of ether oxygens (including phenoxy) is 1. The molecule has 104 valence electrons. The van der Waals surface area contributed by atoms with Gasteiger partial charge in [0, 0.05) is 32.7 Å². The molecule has 2 rings (SSSR count). The Morgan fingerprint density at radius 1 is 1.33 bits per heavy atom. The maximum absolute atomic E-state index is 5.74. The summed E-state index contributed by atoms with van der Waals surface area (Å²) < 4.78 is 5.74. The van der Waals surface area contributed by atoms with Crippen molar-refractivity contribution in [1.82, 2.24) is 15.1 Å². The third-order valence-corrected chi connectivity index (χ3v) is 3.53. The van der Waals surface area contributed by atoms with Crippen LogP contribution in [0.1, 0.15) is 19.8 Å². The van der Waals surface area contributed by atoms with Gasteiger partial charge in [-0.05, 0) is 26.8 Å². The number of nitrogens with one attached hydrogen (secondary N) is 1. The molecule has 2 aliphatic rings. The molecule has 5 heteroatoms. The molecule has 1 N–H and O–H groups in total. The van der Waals surface area contributed by atoms with Crippen LogP contribution in [0.5, 0.6) is 0 Å². The Balaban J connectivity index is 1.86. The van der Waals surface area contributed by atoms with E-state index in [1.54, 1.807) is 0 Å². The van der Waals surface area contributed by atoms with Gasteiger partial charge in [0.05, 0.1) is 19.3 Å². The number of likely N-dealkylation sites (tertiary alicyclic amines) is 1. The third-order valence-electron chi connectivity index (χ3n) is 3.53. The number of aliphatic imine (C=N–C) groups is 1. The number of morpholine rings is 1. The zero-order valence-corrected chi connectivity index (χ0v) is 11.7. The number of likely N-dealkylation sites (N-methyl/N-ethyl adjacent to an activating group) is 1. The molecule has 2 aliphatic heterocycles. The van der Waals surface area contributed by atoms with Crippen molar-refractivity contribution in [2.24, 2.45) is 4.99 Å². The van der Waals surface area contributed by atoms with Crippen molar-refractivity contribution < 1.29 is 4.74 Å². The molecule has 5 nitrogen and oxygen atoms in total. The molecule has 2 saturated heterocycles. The Morgan fingerprint density at radius 2 is 2.11 bits per heavy atom. The zero-order valence-electron chi connectivity index (χ0n) is 11.7. The molecule has 1 unspecified atom stereocenters. The lowest BCUT2D eigenvalue weighted by molar-refractivity contribution is -0.0137. The molecule has 18 heavy (non-hydrogen) atoms. The zero-order chi connectivity index (χ0) is 12.8. The smallest absolute Gasteiger partial charge is 0.194 e. The molecule has 1 atom stereocenters. The summed E-state index contributed by atoms with van der Waals surface area (Å²) in [4.78, 5) is 9.40. The number of hydrogen-bond donors (Lipinski definition) is 1. The van der Waals surface area contributed by atoms with Crippen molar-refractivity contribution in [2.45, 2.75) is 25.9 Å². The van der Waals surface area contributed by atoms with E-state index in [4.69, 9.17) is 9.73 Å². The molecule has 0 spiro atoms. The number of hydrogen-bond acceptors (Lipinski definition) is 3. The van der Waals surface area contributed by atoms with Crippen molar-refractivity contribution in [3.63, 3.8) is 0 Å². The fourth-order valence-electron chi connectivity index (χ4n) is 2.52. The SMILES string of the molecule is CCNC(=NCC1CN(C)CCO1)N1CCCC1. The highest BCUT2D eigenvalue weighted by molar-refractivity contribution is 5.80. The van der Waals surface area contributed by atoms with Crippen LogP contribution < -0.4 is 5.32 Å². The minimum Gasteiger partial charge on any atom is -0.374 e. The monoisotopic (exact) mass is 254 g/mol. The third kappa shape index (κ3) is 3.85. The first-order valence-electron chi connectivity index (χ1n) is 7.13. The summed E-state index contributed by atoms with van der Waals surface area (Å²) in [6.45, 7) is 8.95. The summed E-state index contributed by atoms with van der Waals surface area (Å²) in [7, 11) is 2.14. The van der Waals surface area contributed by atoms with E-state index in [-0.39, 0.29) is 6.10 Å². The summed E-state index contributed by atoms with van der Waals surface area (Å²) >= 11 is 0. The van der Waals surface area contributed by atoms with Crippen LogP contribution in [0.15, 0.2) is 4.99 Å². The van der Waals surface area contributed by atoms with E-state index >= 15 is 0 Å². The molecule has 0 saturated carbocycles. The van der Waals surface area contributed by atoms with Crippen molar-refractivity contribution in [3.8, 4) is 0 Å².